The Labute approximate surface area is 244 Å². The Morgan fingerprint density at radius 1 is 1.02 bits per heavy atom. The Bertz CT molecular complexity index is 1510. The quantitative estimate of drug-likeness (QED) is 0.267. The number of benzene rings is 2. The van der Waals surface area contributed by atoms with Gasteiger partial charge in [-0.25, -0.2) is 4.39 Å². The molecule has 0 bridgehead atoms. The van der Waals surface area contributed by atoms with Gasteiger partial charge in [0, 0.05) is 64.0 Å². The van der Waals surface area contributed by atoms with E-state index in [0.29, 0.717) is 76.2 Å². The number of piperazine rings is 1. The highest BCUT2D eigenvalue weighted by atomic mass is 19.1. The molecule has 1 aromatic heterocycles. The van der Waals surface area contributed by atoms with E-state index in [9.17, 15) is 9.65 Å². The van der Waals surface area contributed by atoms with E-state index >= 15 is 0 Å². The van der Waals surface area contributed by atoms with Crippen LogP contribution in [0.2, 0.25) is 0 Å². The summed E-state index contributed by atoms with van der Waals surface area (Å²) in [4.78, 5) is 9.05. The van der Waals surface area contributed by atoms with Gasteiger partial charge in [-0.15, -0.1) is 0 Å². The second-order valence-electron chi connectivity index (χ2n) is 9.84. The van der Waals surface area contributed by atoms with Crippen molar-refractivity contribution in [3.8, 4) is 40.9 Å². The Morgan fingerprint density at radius 2 is 1.81 bits per heavy atom. The highest BCUT2D eigenvalue weighted by molar-refractivity contribution is 5.98. The van der Waals surface area contributed by atoms with Crippen molar-refractivity contribution < 1.29 is 28.1 Å². The standard InChI is InChI=1S/C31H34FN5O5/c1-38-15-3-5-22-6-7-25(31-30(22)41-21-42-31)35-29-23(19-33)20-34-26-18-28(27(39-2)17-24(26)29)40-16-4-9-36-11-13-37(10-8-32)14-12-36/h6-7,17-18,20H,4,8-16,21H2,1-2H3,(H,34,35). The van der Waals surface area contributed by atoms with Crippen LogP contribution in [-0.2, 0) is 4.74 Å². The summed E-state index contributed by atoms with van der Waals surface area (Å²) in [5, 5.41) is 14.0. The summed E-state index contributed by atoms with van der Waals surface area (Å²) < 4.78 is 40.9. The third-order valence-corrected chi connectivity index (χ3v) is 7.23. The first-order chi connectivity index (χ1) is 20.6. The highest BCUT2D eigenvalue weighted by Gasteiger charge is 2.23. The Hall–Kier alpha value is -4.29. The van der Waals surface area contributed by atoms with Gasteiger partial charge in [-0.1, -0.05) is 11.8 Å². The first-order valence-electron chi connectivity index (χ1n) is 13.9. The van der Waals surface area contributed by atoms with E-state index in [1.807, 2.05) is 24.3 Å². The number of hydrogen-bond donors (Lipinski definition) is 1. The maximum Gasteiger partial charge on any atom is 0.231 e. The molecule has 220 valence electrons. The number of anilines is 2. The number of nitriles is 1. The number of fused-ring (bicyclic) bond motifs is 2. The first kappa shape index (κ1) is 29.2. The number of methoxy groups -OCH3 is 2. The van der Waals surface area contributed by atoms with Crippen LogP contribution in [0.5, 0.6) is 23.0 Å². The lowest BCUT2D eigenvalue weighted by Gasteiger charge is -2.34. The molecule has 3 aromatic rings. The van der Waals surface area contributed by atoms with Crippen molar-refractivity contribution >= 4 is 22.3 Å². The zero-order chi connectivity index (χ0) is 29.3. The van der Waals surface area contributed by atoms with Gasteiger partial charge in [-0.3, -0.25) is 9.88 Å². The molecule has 10 nitrogen and oxygen atoms in total. The number of aromatic nitrogens is 1. The summed E-state index contributed by atoms with van der Waals surface area (Å²) in [6, 6.07) is 9.56. The third kappa shape index (κ3) is 6.60. The van der Waals surface area contributed by atoms with E-state index in [1.165, 1.54) is 6.20 Å². The average Bonchev–Trinajstić information content (AvgIpc) is 3.52. The van der Waals surface area contributed by atoms with Crippen LogP contribution in [0.25, 0.3) is 10.9 Å². The van der Waals surface area contributed by atoms with Crippen LogP contribution < -0.4 is 24.3 Å². The van der Waals surface area contributed by atoms with Gasteiger partial charge in [-0.2, -0.15) is 5.26 Å². The largest absolute Gasteiger partial charge is 0.493 e. The van der Waals surface area contributed by atoms with Crippen molar-refractivity contribution in [3.05, 3.63) is 41.6 Å². The molecule has 2 aliphatic heterocycles. The Morgan fingerprint density at radius 3 is 2.55 bits per heavy atom. The molecule has 1 saturated heterocycles. The molecule has 0 aliphatic carbocycles. The van der Waals surface area contributed by atoms with Crippen LogP contribution in [0.4, 0.5) is 15.8 Å². The Balaban J connectivity index is 1.33. The summed E-state index contributed by atoms with van der Waals surface area (Å²) >= 11 is 0. The molecule has 1 fully saturated rings. The van der Waals surface area contributed by atoms with E-state index in [1.54, 1.807) is 14.2 Å². The normalized spacial score (nSPS) is 14.7. The van der Waals surface area contributed by atoms with E-state index in [4.69, 9.17) is 23.7 Å². The van der Waals surface area contributed by atoms with E-state index in [-0.39, 0.29) is 13.5 Å². The van der Waals surface area contributed by atoms with E-state index in [2.05, 4.69) is 38.0 Å². The average molecular weight is 576 g/mol. The van der Waals surface area contributed by atoms with Crippen molar-refractivity contribution in [1.29, 1.82) is 5.26 Å². The van der Waals surface area contributed by atoms with Crippen molar-refractivity contribution in [1.82, 2.24) is 14.8 Å². The van der Waals surface area contributed by atoms with Gasteiger partial charge in [0.15, 0.2) is 23.0 Å². The summed E-state index contributed by atoms with van der Waals surface area (Å²) in [6.45, 7) is 5.67. The molecule has 3 heterocycles. The SMILES string of the molecule is COCC#Cc1ccc(Nc2c(C#N)cnc3cc(OCCCN4CCN(CCF)CC4)c(OC)cc23)c2c1OCO2. The molecule has 0 spiro atoms. The second kappa shape index (κ2) is 14.1. The molecule has 1 N–H and O–H groups in total. The molecule has 0 saturated carbocycles. The molecular formula is C31H34FN5O5. The lowest BCUT2D eigenvalue weighted by atomic mass is 10.1. The number of halogens is 1. The molecule has 11 heteroatoms. The van der Waals surface area contributed by atoms with E-state index in [0.717, 1.165) is 39.1 Å². The molecule has 42 heavy (non-hydrogen) atoms. The smallest absolute Gasteiger partial charge is 0.231 e. The van der Waals surface area contributed by atoms with Crippen LogP contribution in [-0.4, -0.2) is 95.0 Å². The molecule has 0 atom stereocenters. The predicted octanol–water partition coefficient (Wildman–Crippen LogP) is 3.94. The topological polar surface area (TPSA) is 101 Å². The Kier molecular flexibility index (Phi) is 9.78. The molecule has 0 unspecified atom stereocenters. The maximum atomic E-state index is 12.6. The predicted molar refractivity (Wildman–Crippen MR) is 157 cm³/mol. The number of pyridine rings is 1. The molecule has 0 radical (unpaired) electrons. The number of rotatable bonds is 11. The number of nitrogens with one attached hydrogen (secondary N) is 1. The minimum Gasteiger partial charge on any atom is -0.493 e. The van der Waals surface area contributed by atoms with Gasteiger partial charge in [0.2, 0.25) is 6.79 Å². The number of hydrogen-bond acceptors (Lipinski definition) is 10. The van der Waals surface area contributed by atoms with Gasteiger partial charge < -0.3 is 33.9 Å². The summed E-state index contributed by atoms with van der Waals surface area (Å²) in [5.41, 5.74) is 2.89. The lowest BCUT2D eigenvalue weighted by molar-refractivity contribution is 0.120. The molecule has 2 aromatic carbocycles. The number of nitrogens with zero attached hydrogens (tertiary/aromatic N) is 4. The molecule has 0 amide bonds. The number of alkyl halides is 1. The summed E-state index contributed by atoms with van der Waals surface area (Å²) in [7, 11) is 3.17. The first-order valence-corrected chi connectivity index (χ1v) is 13.9. The summed E-state index contributed by atoms with van der Waals surface area (Å²) in [6.07, 6.45) is 2.38. The maximum absolute atomic E-state index is 12.6. The minimum absolute atomic E-state index is 0.0685. The van der Waals surface area contributed by atoms with Crippen molar-refractivity contribution in [2.75, 3.05) is 85.5 Å². The van der Waals surface area contributed by atoms with Crippen molar-refractivity contribution in [3.63, 3.8) is 0 Å². The lowest BCUT2D eigenvalue weighted by Crippen LogP contribution is -2.47. The van der Waals surface area contributed by atoms with Gasteiger partial charge in [0.1, 0.15) is 19.4 Å². The molecule has 2 aliphatic rings. The van der Waals surface area contributed by atoms with E-state index < -0.39 is 0 Å². The van der Waals surface area contributed by atoms with Crippen LogP contribution in [0, 0.1) is 23.2 Å². The fraction of sp³-hybridized carbons (Fsp3) is 0.419. The van der Waals surface area contributed by atoms with Crippen LogP contribution in [0.3, 0.4) is 0 Å². The van der Waals surface area contributed by atoms with Crippen LogP contribution in [0.15, 0.2) is 30.5 Å². The minimum atomic E-state index is -0.296. The van der Waals surface area contributed by atoms with Crippen LogP contribution in [0.1, 0.15) is 17.5 Å². The van der Waals surface area contributed by atoms with Gasteiger partial charge >= 0.3 is 0 Å². The third-order valence-electron chi connectivity index (χ3n) is 7.23. The molecule has 5 rings (SSSR count). The van der Waals surface area contributed by atoms with Crippen LogP contribution >= 0.6 is 0 Å². The van der Waals surface area contributed by atoms with Gasteiger partial charge in [-0.05, 0) is 24.6 Å². The fourth-order valence-electron chi connectivity index (χ4n) is 5.05. The van der Waals surface area contributed by atoms with Crippen molar-refractivity contribution in [2.24, 2.45) is 0 Å². The van der Waals surface area contributed by atoms with Gasteiger partial charge in [0.25, 0.3) is 0 Å². The van der Waals surface area contributed by atoms with Crippen molar-refractivity contribution in [2.45, 2.75) is 6.42 Å². The number of ether oxygens (including phenoxy) is 5. The second-order valence-corrected chi connectivity index (χ2v) is 9.84. The fourth-order valence-corrected chi connectivity index (χ4v) is 5.05. The zero-order valence-corrected chi connectivity index (χ0v) is 23.9. The van der Waals surface area contributed by atoms with Gasteiger partial charge in [0.05, 0.1) is 41.7 Å². The molecular weight excluding hydrogens is 541 g/mol. The zero-order valence-electron chi connectivity index (χ0n) is 23.9. The highest BCUT2D eigenvalue weighted by Crippen LogP contribution is 2.44. The monoisotopic (exact) mass is 575 g/mol. The summed E-state index contributed by atoms with van der Waals surface area (Å²) in [5.74, 6) is 8.14.